The zero-order valence-corrected chi connectivity index (χ0v) is 19.5. The molecule has 0 spiro atoms. The van der Waals surface area contributed by atoms with Gasteiger partial charge in [0.2, 0.25) is 0 Å². The summed E-state index contributed by atoms with van der Waals surface area (Å²) < 4.78 is 46.2. The van der Waals surface area contributed by atoms with E-state index in [1.54, 1.807) is 19.2 Å². The molecular weight excluding hydrogens is 470 g/mol. The van der Waals surface area contributed by atoms with Gasteiger partial charge in [0.1, 0.15) is 17.2 Å². The molecule has 4 aromatic rings. The number of anilines is 2. The van der Waals surface area contributed by atoms with Crippen molar-refractivity contribution in [2.75, 3.05) is 24.9 Å². The van der Waals surface area contributed by atoms with E-state index in [9.17, 15) is 13.6 Å². The SMILES string of the molecule is COc1cc2nccc(Oc3c(F)cc(NC(=O)c4cnccc4OC)cc3F)c2cc1NC1CC1. The monoisotopic (exact) mass is 492 g/mol. The lowest BCUT2D eigenvalue weighted by molar-refractivity contribution is 0.102. The van der Waals surface area contributed by atoms with Gasteiger partial charge in [0.25, 0.3) is 5.91 Å². The molecular formula is C26H22F2N4O4. The van der Waals surface area contributed by atoms with Gasteiger partial charge >= 0.3 is 0 Å². The minimum absolute atomic E-state index is 0.0894. The van der Waals surface area contributed by atoms with Crippen molar-refractivity contribution in [2.24, 2.45) is 0 Å². The van der Waals surface area contributed by atoms with Gasteiger partial charge in [-0.3, -0.25) is 14.8 Å². The molecule has 1 aliphatic rings. The quantitative estimate of drug-likeness (QED) is 0.333. The second-order valence-corrected chi connectivity index (χ2v) is 8.20. The van der Waals surface area contributed by atoms with Gasteiger partial charge in [0, 0.05) is 53.9 Å². The third kappa shape index (κ3) is 4.70. The van der Waals surface area contributed by atoms with Gasteiger partial charge in [-0.25, -0.2) is 8.78 Å². The highest BCUT2D eigenvalue weighted by Gasteiger charge is 2.23. The number of ether oxygens (including phenoxy) is 3. The maximum absolute atomic E-state index is 15.0. The zero-order valence-electron chi connectivity index (χ0n) is 19.5. The summed E-state index contributed by atoms with van der Waals surface area (Å²) in [6, 6.07) is 8.89. The van der Waals surface area contributed by atoms with Gasteiger partial charge in [-0.05, 0) is 31.0 Å². The molecule has 0 bridgehead atoms. The number of nitrogens with one attached hydrogen (secondary N) is 2. The van der Waals surface area contributed by atoms with E-state index in [-0.39, 0.29) is 22.7 Å². The van der Waals surface area contributed by atoms with Crippen LogP contribution in [0, 0.1) is 11.6 Å². The molecule has 0 saturated heterocycles. The summed E-state index contributed by atoms with van der Waals surface area (Å²) in [6.07, 6.45) is 6.37. The molecule has 2 aromatic heterocycles. The number of rotatable bonds is 8. The normalized spacial score (nSPS) is 12.8. The summed E-state index contributed by atoms with van der Waals surface area (Å²) >= 11 is 0. The number of pyridine rings is 2. The van der Waals surface area contributed by atoms with Crippen LogP contribution in [0.5, 0.6) is 23.0 Å². The summed E-state index contributed by atoms with van der Waals surface area (Å²) in [5, 5.41) is 6.39. The first-order valence-corrected chi connectivity index (χ1v) is 11.2. The average Bonchev–Trinajstić information content (AvgIpc) is 3.70. The Hall–Kier alpha value is -4.47. The number of nitrogens with zero attached hydrogens (tertiary/aromatic N) is 2. The van der Waals surface area contributed by atoms with Crippen LogP contribution < -0.4 is 24.8 Å². The van der Waals surface area contributed by atoms with E-state index in [4.69, 9.17) is 14.2 Å². The number of fused-ring (bicyclic) bond motifs is 1. The van der Waals surface area contributed by atoms with Gasteiger partial charge in [0.15, 0.2) is 17.4 Å². The van der Waals surface area contributed by atoms with Crippen molar-refractivity contribution in [1.82, 2.24) is 9.97 Å². The number of benzene rings is 2. The molecule has 0 aliphatic heterocycles. The fraction of sp³-hybridized carbons (Fsp3) is 0.192. The molecule has 184 valence electrons. The smallest absolute Gasteiger partial charge is 0.261 e. The van der Waals surface area contributed by atoms with Crippen molar-refractivity contribution in [2.45, 2.75) is 18.9 Å². The van der Waals surface area contributed by atoms with Crippen molar-refractivity contribution in [3.05, 3.63) is 72.2 Å². The topological polar surface area (TPSA) is 94.6 Å². The second-order valence-electron chi connectivity index (χ2n) is 8.20. The Balaban J connectivity index is 1.43. The minimum atomic E-state index is -0.988. The Morgan fingerprint density at radius 1 is 0.972 bits per heavy atom. The molecule has 36 heavy (non-hydrogen) atoms. The van der Waals surface area contributed by atoms with Crippen LogP contribution in [-0.4, -0.2) is 36.1 Å². The Kier molecular flexibility index (Phi) is 6.24. The number of amides is 1. The maximum Gasteiger partial charge on any atom is 0.261 e. The fourth-order valence-electron chi connectivity index (χ4n) is 3.73. The Morgan fingerprint density at radius 3 is 2.39 bits per heavy atom. The largest absolute Gasteiger partial charge is 0.496 e. The fourth-order valence-corrected chi connectivity index (χ4v) is 3.73. The van der Waals surface area contributed by atoms with E-state index < -0.39 is 23.3 Å². The Labute approximate surface area is 205 Å². The van der Waals surface area contributed by atoms with E-state index in [0.29, 0.717) is 22.7 Å². The third-order valence-electron chi connectivity index (χ3n) is 5.67. The van der Waals surface area contributed by atoms with Crippen molar-refractivity contribution in [1.29, 1.82) is 0 Å². The lowest BCUT2D eigenvalue weighted by atomic mass is 10.1. The summed E-state index contributed by atoms with van der Waals surface area (Å²) in [7, 11) is 2.97. The van der Waals surface area contributed by atoms with Crippen LogP contribution in [0.25, 0.3) is 10.9 Å². The summed E-state index contributed by atoms with van der Waals surface area (Å²) in [5.74, 6) is -2.10. The van der Waals surface area contributed by atoms with Crippen LogP contribution in [0.4, 0.5) is 20.2 Å². The first-order valence-electron chi connectivity index (χ1n) is 11.2. The lowest BCUT2D eigenvalue weighted by Gasteiger charge is -2.15. The van der Waals surface area contributed by atoms with Gasteiger partial charge in [-0.2, -0.15) is 0 Å². The first kappa shape index (κ1) is 23.3. The van der Waals surface area contributed by atoms with E-state index in [1.807, 2.05) is 0 Å². The molecule has 1 aliphatic carbocycles. The van der Waals surface area contributed by atoms with E-state index in [0.717, 1.165) is 30.7 Å². The van der Waals surface area contributed by atoms with Crippen LogP contribution >= 0.6 is 0 Å². The number of carbonyl (C=O) groups excluding carboxylic acids is 1. The highest BCUT2D eigenvalue weighted by Crippen LogP contribution is 2.39. The molecule has 0 atom stereocenters. The van der Waals surface area contributed by atoms with E-state index in [1.165, 1.54) is 37.8 Å². The lowest BCUT2D eigenvalue weighted by Crippen LogP contribution is -2.14. The average molecular weight is 492 g/mol. The van der Waals surface area contributed by atoms with Gasteiger partial charge < -0.3 is 24.8 Å². The van der Waals surface area contributed by atoms with Crippen molar-refractivity contribution >= 4 is 28.2 Å². The number of aromatic nitrogens is 2. The summed E-state index contributed by atoms with van der Waals surface area (Å²) in [4.78, 5) is 20.8. The summed E-state index contributed by atoms with van der Waals surface area (Å²) in [5.41, 5.74) is 1.32. The van der Waals surface area contributed by atoms with Gasteiger partial charge in [-0.15, -0.1) is 0 Å². The molecule has 1 amide bonds. The molecule has 2 N–H and O–H groups in total. The highest BCUT2D eigenvalue weighted by atomic mass is 19.1. The van der Waals surface area contributed by atoms with Gasteiger partial charge in [0.05, 0.1) is 31.0 Å². The van der Waals surface area contributed by atoms with Crippen molar-refractivity contribution < 1.29 is 27.8 Å². The van der Waals surface area contributed by atoms with Crippen LogP contribution in [0.15, 0.2) is 55.0 Å². The molecule has 0 radical (unpaired) electrons. The maximum atomic E-state index is 15.0. The standard InChI is InChI=1S/C26H22F2N4O4/c1-34-22-5-7-29-13-17(22)26(33)32-15-9-18(27)25(19(28)10-15)36-23-6-8-30-20-12-24(35-2)21(11-16(20)23)31-14-3-4-14/h5-14,31H,3-4H2,1-2H3,(H,32,33). The number of hydrogen-bond donors (Lipinski definition) is 2. The number of hydrogen-bond acceptors (Lipinski definition) is 7. The second kappa shape index (κ2) is 9.65. The van der Waals surface area contributed by atoms with Crippen LogP contribution in [0.2, 0.25) is 0 Å². The number of halogens is 2. The Bertz CT molecular complexity index is 1440. The third-order valence-corrected chi connectivity index (χ3v) is 5.67. The molecule has 5 rings (SSSR count). The predicted octanol–water partition coefficient (Wildman–Crippen LogP) is 5.54. The van der Waals surface area contributed by atoms with Gasteiger partial charge in [-0.1, -0.05) is 0 Å². The van der Waals surface area contributed by atoms with Crippen LogP contribution in [-0.2, 0) is 0 Å². The van der Waals surface area contributed by atoms with Crippen molar-refractivity contribution in [3.8, 4) is 23.0 Å². The molecule has 2 heterocycles. The number of methoxy groups -OCH3 is 2. The highest BCUT2D eigenvalue weighted by molar-refractivity contribution is 6.06. The molecule has 1 saturated carbocycles. The summed E-state index contributed by atoms with van der Waals surface area (Å²) in [6.45, 7) is 0. The molecule has 0 unspecified atom stereocenters. The Morgan fingerprint density at radius 2 is 1.69 bits per heavy atom. The first-order chi connectivity index (χ1) is 17.5. The molecule has 1 fully saturated rings. The number of carbonyl (C=O) groups is 1. The van der Waals surface area contributed by atoms with E-state index >= 15 is 0 Å². The molecule has 8 nitrogen and oxygen atoms in total. The molecule has 10 heteroatoms. The van der Waals surface area contributed by atoms with Crippen LogP contribution in [0.3, 0.4) is 0 Å². The molecule has 2 aromatic carbocycles. The van der Waals surface area contributed by atoms with Crippen LogP contribution in [0.1, 0.15) is 23.2 Å². The van der Waals surface area contributed by atoms with Crippen molar-refractivity contribution in [3.63, 3.8) is 0 Å². The minimum Gasteiger partial charge on any atom is -0.496 e. The predicted molar refractivity (Wildman–Crippen MR) is 130 cm³/mol. The van der Waals surface area contributed by atoms with E-state index in [2.05, 4.69) is 20.6 Å². The zero-order chi connectivity index (χ0) is 25.2.